The first-order chi connectivity index (χ1) is 17.9. The molecule has 0 fully saturated rings. The van der Waals surface area contributed by atoms with Crippen LogP contribution < -0.4 is 10.5 Å². The molecule has 0 atom stereocenters. The van der Waals surface area contributed by atoms with Crippen LogP contribution in [0.15, 0.2) is 77.9 Å². The SMILES string of the molecule is O=C(CN1c2ccccc2Cn2c1nc(-c1ccncc1)cc2=O)c1cc(C(F)(F)F)cc(C(F)(F)F)c1. The van der Waals surface area contributed by atoms with Gasteiger partial charge in [-0.25, -0.2) is 4.98 Å². The van der Waals surface area contributed by atoms with E-state index in [9.17, 15) is 35.9 Å². The van der Waals surface area contributed by atoms with Gasteiger partial charge in [0.1, 0.15) is 0 Å². The van der Waals surface area contributed by atoms with Gasteiger partial charge < -0.3 is 4.90 Å². The first-order valence-electron chi connectivity index (χ1n) is 11.1. The van der Waals surface area contributed by atoms with Crippen LogP contribution in [-0.2, 0) is 18.9 Å². The van der Waals surface area contributed by atoms with Gasteiger partial charge >= 0.3 is 12.4 Å². The summed E-state index contributed by atoms with van der Waals surface area (Å²) in [6.45, 7) is -0.553. The lowest BCUT2D eigenvalue weighted by molar-refractivity contribution is -0.143. The van der Waals surface area contributed by atoms with Gasteiger partial charge in [0.15, 0.2) is 5.78 Å². The number of rotatable bonds is 4. The average molecular weight is 530 g/mol. The summed E-state index contributed by atoms with van der Waals surface area (Å²) in [6, 6.07) is 12.0. The largest absolute Gasteiger partial charge is 0.416 e. The lowest BCUT2D eigenvalue weighted by atomic mass is 10.0. The molecule has 0 radical (unpaired) electrons. The lowest BCUT2D eigenvalue weighted by Gasteiger charge is -2.32. The first-order valence-corrected chi connectivity index (χ1v) is 11.1. The summed E-state index contributed by atoms with van der Waals surface area (Å²) >= 11 is 0. The van der Waals surface area contributed by atoms with Crippen molar-refractivity contribution in [2.24, 2.45) is 0 Å². The smallest absolute Gasteiger partial charge is 0.304 e. The van der Waals surface area contributed by atoms with Crippen molar-refractivity contribution in [2.45, 2.75) is 18.9 Å². The number of hydrogen-bond donors (Lipinski definition) is 0. The quantitative estimate of drug-likeness (QED) is 0.249. The van der Waals surface area contributed by atoms with Crippen molar-refractivity contribution < 1.29 is 31.1 Å². The van der Waals surface area contributed by atoms with Crippen LogP contribution in [0.3, 0.4) is 0 Å². The van der Waals surface area contributed by atoms with Gasteiger partial charge in [0.2, 0.25) is 5.95 Å². The van der Waals surface area contributed by atoms with Crippen LogP contribution in [0.25, 0.3) is 11.3 Å². The van der Waals surface area contributed by atoms with E-state index >= 15 is 0 Å². The predicted octanol–water partition coefficient (Wildman–Crippen LogP) is 5.73. The molecule has 1 aliphatic heterocycles. The van der Waals surface area contributed by atoms with E-state index in [-0.39, 0.29) is 24.3 Å². The van der Waals surface area contributed by atoms with Crippen molar-refractivity contribution >= 4 is 17.4 Å². The van der Waals surface area contributed by atoms with Gasteiger partial charge in [0.25, 0.3) is 5.56 Å². The van der Waals surface area contributed by atoms with Crippen molar-refractivity contribution in [2.75, 3.05) is 11.4 Å². The molecule has 5 rings (SSSR count). The highest BCUT2D eigenvalue weighted by Crippen LogP contribution is 2.37. The molecule has 0 saturated heterocycles. The van der Waals surface area contributed by atoms with Gasteiger partial charge in [-0.15, -0.1) is 0 Å². The maximum absolute atomic E-state index is 13.4. The van der Waals surface area contributed by atoms with E-state index in [0.29, 0.717) is 28.9 Å². The molecule has 3 heterocycles. The second-order valence-corrected chi connectivity index (χ2v) is 8.53. The molecule has 2 aromatic carbocycles. The standard InChI is InChI=1S/C26H16F6N4O2/c27-25(28,29)18-9-17(10-19(11-18)26(30,31)32)22(37)14-35-21-4-2-1-3-16(21)13-36-23(38)12-20(34-24(35)36)15-5-7-33-8-6-15/h1-12H,13-14H2. The topological polar surface area (TPSA) is 68.1 Å². The summed E-state index contributed by atoms with van der Waals surface area (Å²) in [5, 5.41) is 0. The maximum atomic E-state index is 13.4. The Morgan fingerprint density at radius 1 is 0.868 bits per heavy atom. The third kappa shape index (κ3) is 4.76. The molecule has 6 nitrogen and oxygen atoms in total. The molecule has 0 amide bonds. The molecule has 0 unspecified atom stereocenters. The fraction of sp³-hybridized carbons (Fsp3) is 0.154. The minimum atomic E-state index is -5.10. The van der Waals surface area contributed by atoms with Crippen LogP contribution in [0.2, 0.25) is 0 Å². The number of ketones is 1. The molecule has 0 bridgehead atoms. The van der Waals surface area contributed by atoms with Crippen LogP contribution in [-0.4, -0.2) is 26.9 Å². The molecule has 0 aliphatic carbocycles. The molecule has 12 heteroatoms. The normalized spacial score (nSPS) is 13.2. The number of alkyl halides is 6. The van der Waals surface area contributed by atoms with E-state index < -0.39 is 46.9 Å². The Kier molecular flexibility index (Phi) is 6.04. The summed E-state index contributed by atoms with van der Waals surface area (Å²) in [4.78, 5) is 36.0. The molecule has 2 aromatic heterocycles. The molecular weight excluding hydrogens is 514 g/mol. The molecule has 0 spiro atoms. The van der Waals surface area contributed by atoms with Gasteiger partial charge in [0, 0.05) is 35.3 Å². The number of carbonyl (C=O) groups is 1. The Balaban J connectivity index is 1.62. The van der Waals surface area contributed by atoms with Crippen molar-refractivity contribution in [1.29, 1.82) is 0 Å². The summed E-state index contributed by atoms with van der Waals surface area (Å²) < 4.78 is 81.4. The number of anilines is 2. The molecule has 194 valence electrons. The van der Waals surface area contributed by atoms with Gasteiger partial charge in [-0.1, -0.05) is 18.2 Å². The van der Waals surface area contributed by atoms with Crippen LogP contribution in [0.1, 0.15) is 27.0 Å². The number of aromatic nitrogens is 3. The average Bonchev–Trinajstić information content (AvgIpc) is 2.88. The van der Waals surface area contributed by atoms with Crippen LogP contribution in [0, 0.1) is 0 Å². The molecule has 38 heavy (non-hydrogen) atoms. The van der Waals surface area contributed by atoms with Gasteiger partial charge in [-0.05, 0) is 42.0 Å². The Labute approximate surface area is 210 Å². The fourth-order valence-electron chi connectivity index (χ4n) is 4.21. The van der Waals surface area contributed by atoms with Gasteiger partial charge in [-0.3, -0.25) is 19.1 Å². The molecule has 0 N–H and O–H groups in total. The summed E-state index contributed by atoms with van der Waals surface area (Å²) in [5.74, 6) is -0.993. The highest BCUT2D eigenvalue weighted by Gasteiger charge is 2.38. The third-order valence-corrected chi connectivity index (χ3v) is 6.03. The summed E-state index contributed by atoms with van der Waals surface area (Å²) in [7, 11) is 0. The highest BCUT2D eigenvalue weighted by atomic mass is 19.4. The number of Topliss-reactive ketones (excluding diaryl/α,β-unsaturated/α-hetero) is 1. The van der Waals surface area contributed by atoms with Crippen LogP contribution >= 0.6 is 0 Å². The maximum Gasteiger partial charge on any atom is 0.416 e. The van der Waals surface area contributed by atoms with Crippen molar-refractivity contribution in [3.8, 4) is 11.3 Å². The number of para-hydroxylation sites is 1. The number of fused-ring (bicyclic) bond motifs is 2. The minimum absolute atomic E-state index is 0.0272. The zero-order valence-electron chi connectivity index (χ0n) is 19.2. The number of nitrogens with zero attached hydrogens (tertiary/aromatic N) is 4. The zero-order valence-corrected chi connectivity index (χ0v) is 19.2. The molecule has 0 saturated carbocycles. The number of halogens is 6. The lowest BCUT2D eigenvalue weighted by Crippen LogP contribution is -2.37. The number of benzene rings is 2. The van der Waals surface area contributed by atoms with E-state index in [1.54, 1.807) is 36.4 Å². The molecule has 1 aliphatic rings. The first kappa shape index (κ1) is 25.2. The minimum Gasteiger partial charge on any atom is -0.304 e. The van der Waals surface area contributed by atoms with E-state index in [2.05, 4.69) is 9.97 Å². The number of hydrogen-bond acceptors (Lipinski definition) is 5. The summed E-state index contributed by atoms with van der Waals surface area (Å²) in [6.07, 6.45) is -7.21. The second-order valence-electron chi connectivity index (χ2n) is 8.53. The van der Waals surface area contributed by atoms with Crippen molar-refractivity contribution in [1.82, 2.24) is 14.5 Å². The summed E-state index contributed by atoms with van der Waals surface area (Å²) in [5.41, 5.74) is -2.52. The number of pyridine rings is 1. The van der Waals surface area contributed by atoms with Gasteiger partial charge in [-0.2, -0.15) is 26.3 Å². The van der Waals surface area contributed by atoms with Gasteiger partial charge in [0.05, 0.1) is 29.9 Å². The Morgan fingerprint density at radius 2 is 1.50 bits per heavy atom. The van der Waals surface area contributed by atoms with E-state index in [4.69, 9.17) is 0 Å². The van der Waals surface area contributed by atoms with E-state index in [0.717, 1.165) is 0 Å². The molecular formula is C26H16F6N4O2. The van der Waals surface area contributed by atoms with Crippen molar-refractivity contribution in [3.63, 3.8) is 0 Å². The van der Waals surface area contributed by atoms with Crippen LogP contribution in [0.5, 0.6) is 0 Å². The van der Waals surface area contributed by atoms with Crippen molar-refractivity contribution in [3.05, 3.63) is 106 Å². The van der Waals surface area contributed by atoms with E-state index in [1.807, 2.05) is 0 Å². The second kappa shape index (κ2) is 9.12. The number of carbonyl (C=O) groups excluding carboxylic acids is 1. The monoisotopic (exact) mass is 530 g/mol. The predicted molar refractivity (Wildman–Crippen MR) is 125 cm³/mol. The fourth-order valence-corrected chi connectivity index (χ4v) is 4.21. The zero-order chi connectivity index (χ0) is 27.2. The Hall–Kier alpha value is -4.48. The highest BCUT2D eigenvalue weighted by molar-refractivity contribution is 6.00. The molecule has 4 aromatic rings. The van der Waals surface area contributed by atoms with E-state index in [1.165, 1.54) is 27.9 Å². The Bertz CT molecular complexity index is 1560. The third-order valence-electron chi connectivity index (χ3n) is 6.03. The Morgan fingerprint density at radius 3 is 2.13 bits per heavy atom. The van der Waals surface area contributed by atoms with Crippen LogP contribution in [0.4, 0.5) is 38.0 Å².